The van der Waals surface area contributed by atoms with Gasteiger partial charge in [0.1, 0.15) is 5.82 Å². The van der Waals surface area contributed by atoms with Crippen LogP contribution in [0.5, 0.6) is 0 Å². The summed E-state index contributed by atoms with van der Waals surface area (Å²) in [7, 11) is 0. The monoisotopic (exact) mass is 295 g/mol. The van der Waals surface area contributed by atoms with Gasteiger partial charge in [0.05, 0.1) is 12.2 Å². The van der Waals surface area contributed by atoms with Crippen molar-refractivity contribution in [2.75, 3.05) is 25.4 Å². The molecular formula is C16H22FNOS. The third-order valence-electron chi connectivity index (χ3n) is 3.78. The lowest BCUT2D eigenvalue weighted by atomic mass is 10.1. The number of halogens is 1. The van der Waals surface area contributed by atoms with Crippen LogP contribution in [0.3, 0.4) is 0 Å². The van der Waals surface area contributed by atoms with Gasteiger partial charge in [-0.3, -0.25) is 4.90 Å². The van der Waals surface area contributed by atoms with Gasteiger partial charge in [-0.05, 0) is 62.2 Å². The molecule has 1 saturated carbocycles. The van der Waals surface area contributed by atoms with Gasteiger partial charge in [-0.1, -0.05) is 0 Å². The van der Waals surface area contributed by atoms with E-state index in [0.29, 0.717) is 12.2 Å². The highest BCUT2D eigenvalue weighted by molar-refractivity contribution is 7.99. The molecule has 20 heavy (non-hydrogen) atoms. The van der Waals surface area contributed by atoms with E-state index in [4.69, 9.17) is 4.74 Å². The number of unbranched alkanes of at least 4 members (excludes halogenated alkanes) is 1. The molecule has 2 fully saturated rings. The van der Waals surface area contributed by atoms with E-state index in [1.165, 1.54) is 44.4 Å². The van der Waals surface area contributed by atoms with Crippen molar-refractivity contribution in [3.63, 3.8) is 0 Å². The topological polar surface area (TPSA) is 12.5 Å². The smallest absolute Gasteiger partial charge is 0.123 e. The summed E-state index contributed by atoms with van der Waals surface area (Å²) in [5.41, 5.74) is 0. The quantitative estimate of drug-likeness (QED) is 0.537. The van der Waals surface area contributed by atoms with Crippen LogP contribution in [0.25, 0.3) is 0 Å². The minimum absolute atomic E-state index is 0.157. The number of nitrogens with zero attached hydrogens (tertiary/aromatic N) is 1. The molecule has 2 aliphatic rings. The van der Waals surface area contributed by atoms with Crippen LogP contribution >= 0.6 is 11.8 Å². The molecule has 0 N–H and O–H groups in total. The minimum atomic E-state index is -0.157. The highest BCUT2D eigenvalue weighted by atomic mass is 32.2. The van der Waals surface area contributed by atoms with E-state index in [1.54, 1.807) is 0 Å². The number of benzene rings is 1. The van der Waals surface area contributed by atoms with Gasteiger partial charge in [0.15, 0.2) is 0 Å². The first-order valence-electron chi connectivity index (χ1n) is 7.56. The fourth-order valence-corrected chi connectivity index (χ4v) is 3.34. The molecule has 0 aromatic heterocycles. The first-order valence-corrected chi connectivity index (χ1v) is 8.54. The van der Waals surface area contributed by atoms with Gasteiger partial charge in [-0.25, -0.2) is 4.39 Å². The lowest BCUT2D eigenvalue weighted by Crippen LogP contribution is -2.52. The van der Waals surface area contributed by atoms with Crippen LogP contribution in [0, 0.1) is 5.82 Å². The Hall–Kier alpha value is -0.580. The summed E-state index contributed by atoms with van der Waals surface area (Å²) in [5, 5.41) is 0. The maximum Gasteiger partial charge on any atom is 0.123 e. The summed E-state index contributed by atoms with van der Waals surface area (Å²) in [4.78, 5) is 3.64. The fraction of sp³-hybridized carbons (Fsp3) is 0.625. The first-order chi connectivity index (χ1) is 9.79. The Labute approximate surface area is 124 Å². The van der Waals surface area contributed by atoms with Crippen LogP contribution < -0.4 is 0 Å². The van der Waals surface area contributed by atoms with Gasteiger partial charge in [-0.2, -0.15) is 0 Å². The van der Waals surface area contributed by atoms with Gasteiger partial charge >= 0.3 is 0 Å². The van der Waals surface area contributed by atoms with Crippen molar-refractivity contribution < 1.29 is 9.13 Å². The molecule has 0 spiro atoms. The molecule has 1 aromatic rings. The van der Waals surface area contributed by atoms with E-state index in [2.05, 4.69) is 4.90 Å². The van der Waals surface area contributed by atoms with Crippen LogP contribution in [0.4, 0.5) is 4.39 Å². The largest absolute Gasteiger partial charge is 0.372 e. The molecule has 1 aromatic carbocycles. The molecule has 0 unspecified atom stereocenters. The molecule has 0 atom stereocenters. The average molecular weight is 295 g/mol. The number of hydrogen-bond acceptors (Lipinski definition) is 3. The van der Waals surface area contributed by atoms with Crippen LogP contribution in [0.15, 0.2) is 29.2 Å². The number of rotatable bonds is 8. The molecular weight excluding hydrogens is 273 g/mol. The fourth-order valence-electron chi connectivity index (χ4n) is 2.43. The van der Waals surface area contributed by atoms with Crippen molar-refractivity contribution in [2.24, 2.45) is 0 Å². The number of hydrogen-bond donors (Lipinski definition) is 0. The van der Waals surface area contributed by atoms with E-state index >= 15 is 0 Å². The van der Waals surface area contributed by atoms with Crippen molar-refractivity contribution in [3.8, 4) is 0 Å². The normalized spacial score (nSPS) is 20.1. The van der Waals surface area contributed by atoms with Crippen molar-refractivity contribution in [3.05, 3.63) is 30.1 Å². The van der Waals surface area contributed by atoms with Crippen LogP contribution in [0.2, 0.25) is 0 Å². The lowest BCUT2D eigenvalue weighted by Gasteiger charge is -2.39. The van der Waals surface area contributed by atoms with Gasteiger partial charge in [0, 0.05) is 18.0 Å². The Morgan fingerprint density at radius 2 is 1.85 bits per heavy atom. The highest BCUT2D eigenvalue weighted by Gasteiger charge is 2.33. The molecule has 1 aliphatic heterocycles. The molecule has 2 nitrogen and oxygen atoms in total. The minimum Gasteiger partial charge on any atom is -0.372 e. The Kier molecular flexibility index (Phi) is 4.97. The average Bonchev–Trinajstić information content (AvgIpc) is 3.21. The van der Waals surface area contributed by atoms with Crippen molar-refractivity contribution in [2.45, 2.75) is 42.8 Å². The maximum atomic E-state index is 12.8. The van der Waals surface area contributed by atoms with E-state index < -0.39 is 0 Å². The van der Waals surface area contributed by atoms with Gasteiger partial charge in [0.25, 0.3) is 0 Å². The van der Waals surface area contributed by atoms with E-state index in [1.807, 2.05) is 23.9 Å². The van der Waals surface area contributed by atoms with Crippen LogP contribution in [-0.2, 0) is 4.74 Å². The molecule has 0 radical (unpaired) electrons. The molecule has 1 aliphatic carbocycles. The zero-order chi connectivity index (χ0) is 13.8. The van der Waals surface area contributed by atoms with E-state index in [0.717, 1.165) is 23.7 Å². The molecule has 1 heterocycles. The molecule has 1 saturated heterocycles. The van der Waals surface area contributed by atoms with Crippen molar-refractivity contribution in [1.29, 1.82) is 0 Å². The summed E-state index contributed by atoms with van der Waals surface area (Å²) in [6.45, 7) is 3.44. The molecule has 4 heteroatoms. The predicted octanol–water partition coefficient (Wildman–Crippen LogP) is 3.56. The van der Waals surface area contributed by atoms with Gasteiger partial charge < -0.3 is 4.74 Å². The molecule has 3 rings (SSSR count). The summed E-state index contributed by atoms with van der Waals surface area (Å²) in [6.07, 6.45) is 6.11. The van der Waals surface area contributed by atoms with Crippen molar-refractivity contribution in [1.82, 2.24) is 4.90 Å². The Bertz CT molecular complexity index is 415. The Morgan fingerprint density at radius 3 is 2.55 bits per heavy atom. The number of thioether (sulfide) groups is 1. The predicted molar refractivity (Wildman–Crippen MR) is 80.7 cm³/mol. The van der Waals surface area contributed by atoms with E-state index in [9.17, 15) is 4.39 Å². The zero-order valence-electron chi connectivity index (χ0n) is 11.8. The van der Waals surface area contributed by atoms with Crippen molar-refractivity contribution >= 4 is 11.8 Å². The summed E-state index contributed by atoms with van der Waals surface area (Å²) in [6, 6.07) is 6.77. The first kappa shape index (κ1) is 14.4. The van der Waals surface area contributed by atoms with E-state index in [-0.39, 0.29) is 5.82 Å². The third-order valence-corrected chi connectivity index (χ3v) is 4.88. The SMILES string of the molecule is Fc1ccc(SCCCCN2CC(OC3CC3)C2)cc1. The summed E-state index contributed by atoms with van der Waals surface area (Å²) >= 11 is 1.81. The second-order valence-electron chi connectivity index (χ2n) is 5.73. The maximum absolute atomic E-state index is 12.8. The Morgan fingerprint density at radius 1 is 1.10 bits per heavy atom. The standard InChI is InChI=1S/C16H22FNOS/c17-13-3-7-16(8-4-13)20-10-2-1-9-18-11-15(12-18)19-14-5-6-14/h3-4,7-8,14-15H,1-2,5-6,9-12H2. The number of likely N-dealkylation sites (tertiary alicyclic amines) is 1. The molecule has 0 bridgehead atoms. The Balaban J connectivity index is 1.20. The highest BCUT2D eigenvalue weighted by Crippen LogP contribution is 2.28. The molecule has 0 amide bonds. The summed E-state index contributed by atoms with van der Waals surface area (Å²) in [5.74, 6) is 0.955. The summed E-state index contributed by atoms with van der Waals surface area (Å²) < 4.78 is 18.6. The second-order valence-corrected chi connectivity index (χ2v) is 6.89. The van der Waals surface area contributed by atoms with Crippen LogP contribution in [-0.4, -0.2) is 42.5 Å². The second kappa shape index (κ2) is 6.92. The van der Waals surface area contributed by atoms with Crippen LogP contribution in [0.1, 0.15) is 25.7 Å². The number of ether oxygens (including phenoxy) is 1. The lowest BCUT2D eigenvalue weighted by molar-refractivity contribution is -0.0625. The third kappa shape index (κ3) is 4.47. The van der Waals surface area contributed by atoms with Gasteiger partial charge in [-0.15, -0.1) is 11.8 Å². The molecule has 110 valence electrons. The van der Waals surface area contributed by atoms with Gasteiger partial charge in [0.2, 0.25) is 0 Å². The zero-order valence-corrected chi connectivity index (χ0v) is 12.6.